The second-order valence-corrected chi connectivity index (χ2v) is 5.15. The first-order chi connectivity index (χ1) is 11.0. The zero-order chi connectivity index (χ0) is 17.0. The molecular weight excluding hydrogens is 294 g/mol. The Labute approximate surface area is 135 Å². The predicted molar refractivity (Wildman–Crippen MR) is 86.4 cm³/mol. The van der Waals surface area contributed by atoms with Gasteiger partial charge in [-0.05, 0) is 37.6 Å². The van der Waals surface area contributed by atoms with Gasteiger partial charge in [-0.15, -0.1) is 0 Å². The van der Waals surface area contributed by atoms with Crippen molar-refractivity contribution in [1.82, 2.24) is 4.57 Å². The molecule has 0 amide bonds. The lowest BCUT2D eigenvalue weighted by atomic mass is 10.2. The summed E-state index contributed by atoms with van der Waals surface area (Å²) in [6, 6.07) is 10.3. The number of hydrogen-bond acceptors (Lipinski definition) is 5. The number of anilines is 1. The minimum Gasteiger partial charge on any atom is -0.465 e. The van der Waals surface area contributed by atoms with Crippen LogP contribution in [0.15, 0.2) is 30.3 Å². The Morgan fingerprint density at radius 3 is 2.57 bits per heavy atom. The molecule has 120 valence electrons. The van der Waals surface area contributed by atoms with Crippen LogP contribution in [-0.4, -0.2) is 17.6 Å². The van der Waals surface area contributed by atoms with Gasteiger partial charge in [0, 0.05) is 12.1 Å². The summed E-state index contributed by atoms with van der Waals surface area (Å²) in [4.78, 5) is 11.4. The van der Waals surface area contributed by atoms with Crippen molar-refractivity contribution < 1.29 is 14.3 Å². The fourth-order valence-electron chi connectivity index (χ4n) is 2.23. The molecule has 2 aromatic rings. The zero-order valence-electron chi connectivity index (χ0n) is 13.4. The van der Waals surface area contributed by atoms with Gasteiger partial charge in [-0.3, -0.25) is 4.57 Å². The first-order valence-electron chi connectivity index (χ1n) is 7.28. The van der Waals surface area contributed by atoms with E-state index in [9.17, 15) is 10.1 Å². The summed E-state index contributed by atoms with van der Waals surface area (Å²) in [5, 5.41) is 9.26. The van der Waals surface area contributed by atoms with Gasteiger partial charge in [-0.25, -0.2) is 4.79 Å². The molecule has 0 unspecified atom stereocenters. The average Bonchev–Trinajstić information content (AvgIpc) is 2.90. The second-order valence-electron chi connectivity index (χ2n) is 5.15. The molecule has 0 radical (unpaired) electrons. The maximum atomic E-state index is 11.4. The lowest BCUT2D eigenvalue weighted by Gasteiger charge is -2.17. The molecule has 0 aliphatic carbocycles. The van der Waals surface area contributed by atoms with E-state index in [1.807, 2.05) is 13.8 Å². The molecule has 23 heavy (non-hydrogen) atoms. The average molecular weight is 313 g/mol. The lowest BCUT2D eigenvalue weighted by molar-refractivity contribution is 0.0600. The predicted octanol–water partition coefficient (Wildman–Crippen LogP) is 3.49. The number of carbonyl (C=O) groups is 1. The first-order valence-corrected chi connectivity index (χ1v) is 7.28. The summed E-state index contributed by atoms with van der Waals surface area (Å²) < 4.78 is 12.3. The van der Waals surface area contributed by atoms with E-state index in [0.717, 1.165) is 6.42 Å². The molecule has 0 aliphatic rings. The highest BCUT2D eigenvalue weighted by Gasteiger charge is 2.19. The number of rotatable bonds is 5. The number of methoxy groups -OCH3 is 1. The Bertz CT molecular complexity index is 742. The number of hydrogen-bond donors (Lipinski definition) is 1. The van der Waals surface area contributed by atoms with E-state index in [1.165, 1.54) is 7.11 Å². The summed E-state index contributed by atoms with van der Waals surface area (Å²) in [6.07, 6.45) is 0.834. The quantitative estimate of drug-likeness (QED) is 0.853. The molecule has 0 spiro atoms. The Morgan fingerprint density at radius 1 is 1.39 bits per heavy atom. The highest BCUT2D eigenvalue weighted by Crippen LogP contribution is 2.34. The van der Waals surface area contributed by atoms with Crippen molar-refractivity contribution in [3.05, 3.63) is 41.6 Å². The Kier molecular flexibility index (Phi) is 4.91. The monoisotopic (exact) mass is 313 g/mol. The van der Waals surface area contributed by atoms with Crippen molar-refractivity contribution in [2.75, 3.05) is 12.8 Å². The van der Waals surface area contributed by atoms with Gasteiger partial charge in [0.25, 0.3) is 0 Å². The van der Waals surface area contributed by atoms with Crippen molar-refractivity contribution in [1.29, 1.82) is 5.26 Å². The molecule has 6 heteroatoms. The SMILES string of the molecule is CC[C@H](C)n1c(C#N)cc(N)c1Oc1ccc(C(=O)OC)cc1. The van der Waals surface area contributed by atoms with E-state index in [4.69, 9.17) is 10.5 Å². The van der Waals surface area contributed by atoms with Crippen LogP contribution in [0.25, 0.3) is 0 Å². The third kappa shape index (κ3) is 3.29. The Morgan fingerprint density at radius 2 is 2.04 bits per heavy atom. The number of nitrogens with two attached hydrogens (primary N) is 1. The normalized spacial score (nSPS) is 11.6. The Balaban J connectivity index is 2.35. The van der Waals surface area contributed by atoms with Gasteiger partial charge in [-0.1, -0.05) is 6.92 Å². The molecule has 0 aliphatic heterocycles. The zero-order valence-corrected chi connectivity index (χ0v) is 13.4. The first kappa shape index (κ1) is 16.4. The van der Waals surface area contributed by atoms with E-state index in [-0.39, 0.29) is 6.04 Å². The van der Waals surface area contributed by atoms with Gasteiger partial charge in [0.2, 0.25) is 5.88 Å². The van der Waals surface area contributed by atoms with Gasteiger partial charge in [0.05, 0.1) is 18.4 Å². The van der Waals surface area contributed by atoms with Crippen LogP contribution in [0.2, 0.25) is 0 Å². The van der Waals surface area contributed by atoms with E-state index >= 15 is 0 Å². The third-order valence-electron chi connectivity index (χ3n) is 3.65. The fourth-order valence-corrected chi connectivity index (χ4v) is 2.23. The molecule has 0 saturated carbocycles. The van der Waals surface area contributed by atoms with Crippen LogP contribution < -0.4 is 10.5 Å². The number of nitrogen functional groups attached to an aromatic ring is 1. The van der Waals surface area contributed by atoms with E-state index in [0.29, 0.717) is 28.6 Å². The number of nitrogens with zero attached hydrogens (tertiary/aromatic N) is 2. The third-order valence-corrected chi connectivity index (χ3v) is 3.65. The smallest absolute Gasteiger partial charge is 0.337 e. The molecule has 0 fully saturated rings. The van der Waals surface area contributed by atoms with Crippen LogP contribution in [0.3, 0.4) is 0 Å². The fraction of sp³-hybridized carbons (Fsp3) is 0.294. The standard InChI is InChI=1S/C17H19N3O3/c1-4-11(2)20-13(10-18)9-15(19)16(20)23-14-7-5-12(6-8-14)17(21)22-3/h5-9,11H,4,19H2,1-3H3/t11-/m0/s1. The molecule has 1 heterocycles. The molecule has 6 nitrogen and oxygen atoms in total. The minimum atomic E-state index is -0.411. The van der Waals surface area contributed by atoms with Crippen LogP contribution in [0.4, 0.5) is 5.69 Å². The van der Waals surface area contributed by atoms with Crippen molar-refractivity contribution in [3.63, 3.8) is 0 Å². The van der Waals surface area contributed by atoms with E-state index in [2.05, 4.69) is 10.8 Å². The van der Waals surface area contributed by atoms with Crippen LogP contribution in [-0.2, 0) is 4.74 Å². The molecule has 0 saturated heterocycles. The maximum Gasteiger partial charge on any atom is 0.337 e. The van der Waals surface area contributed by atoms with Gasteiger partial charge < -0.3 is 15.2 Å². The minimum absolute atomic E-state index is 0.0753. The summed E-state index contributed by atoms with van der Waals surface area (Å²) in [6.45, 7) is 4.02. The van der Waals surface area contributed by atoms with Crippen LogP contribution >= 0.6 is 0 Å². The molecule has 2 N–H and O–H groups in total. The molecule has 1 aromatic carbocycles. The summed E-state index contributed by atoms with van der Waals surface area (Å²) in [5.74, 6) is 0.545. The number of aromatic nitrogens is 1. The van der Waals surface area contributed by atoms with Crippen molar-refractivity contribution >= 4 is 11.7 Å². The molecular formula is C17H19N3O3. The lowest BCUT2D eigenvalue weighted by Crippen LogP contribution is -2.08. The summed E-state index contributed by atoms with van der Waals surface area (Å²) in [5.41, 5.74) is 7.28. The number of nitriles is 1. The van der Waals surface area contributed by atoms with E-state index < -0.39 is 5.97 Å². The molecule has 1 aromatic heterocycles. The van der Waals surface area contributed by atoms with Crippen molar-refractivity contribution in [3.8, 4) is 17.7 Å². The van der Waals surface area contributed by atoms with Crippen LogP contribution in [0, 0.1) is 11.3 Å². The van der Waals surface area contributed by atoms with Crippen LogP contribution in [0.1, 0.15) is 42.4 Å². The second kappa shape index (κ2) is 6.88. The largest absolute Gasteiger partial charge is 0.465 e. The highest BCUT2D eigenvalue weighted by molar-refractivity contribution is 5.89. The Hall–Kier alpha value is -2.94. The highest BCUT2D eigenvalue weighted by atomic mass is 16.5. The number of esters is 1. The van der Waals surface area contributed by atoms with Gasteiger partial charge >= 0.3 is 5.97 Å². The summed E-state index contributed by atoms with van der Waals surface area (Å²) in [7, 11) is 1.33. The summed E-state index contributed by atoms with van der Waals surface area (Å²) >= 11 is 0. The van der Waals surface area contributed by atoms with Crippen molar-refractivity contribution in [2.24, 2.45) is 0 Å². The topological polar surface area (TPSA) is 90.3 Å². The number of carbonyl (C=O) groups excluding carboxylic acids is 1. The molecule has 1 atom stereocenters. The van der Waals surface area contributed by atoms with Gasteiger partial charge in [0.1, 0.15) is 17.5 Å². The maximum absolute atomic E-state index is 11.4. The van der Waals surface area contributed by atoms with Crippen LogP contribution in [0.5, 0.6) is 11.6 Å². The number of benzene rings is 1. The molecule has 2 rings (SSSR count). The van der Waals surface area contributed by atoms with Gasteiger partial charge in [-0.2, -0.15) is 5.26 Å². The van der Waals surface area contributed by atoms with Crippen molar-refractivity contribution in [2.45, 2.75) is 26.3 Å². The van der Waals surface area contributed by atoms with E-state index in [1.54, 1.807) is 34.9 Å². The van der Waals surface area contributed by atoms with Gasteiger partial charge in [0.15, 0.2) is 0 Å². The molecule has 0 bridgehead atoms. The number of ether oxygens (including phenoxy) is 2.